The zero-order valence-electron chi connectivity index (χ0n) is 10.1. The van der Waals surface area contributed by atoms with Gasteiger partial charge in [0.05, 0.1) is 6.04 Å². The molecule has 1 unspecified atom stereocenters. The number of nitrogens with zero attached hydrogens (tertiary/aromatic N) is 1. The van der Waals surface area contributed by atoms with E-state index in [2.05, 4.69) is 53.9 Å². The van der Waals surface area contributed by atoms with Gasteiger partial charge in [-0.2, -0.15) is 0 Å². The van der Waals surface area contributed by atoms with Crippen LogP contribution >= 0.6 is 11.3 Å². The quantitative estimate of drug-likeness (QED) is 0.768. The lowest BCUT2D eigenvalue weighted by molar-refractivity contribution is 0.810. The second-order valence-electron chi connectivity index (χ2n) is 4.42. The molecule has 0 spiro atoms. The van der Waals surface area contributed by atoms with E-state index in [9.17, 15) is 0 Å². The predicted molar refractivity (Wildman–Crippen MR) is 79.4 cm³/mol. The van der Waals surface area contributed by atoms with Gasteiger partial charge in [-0.1, -0.05) is 42.5 Å². The molecule has 0 amide bonds. The minimum Gasteiger partial charge on any atom is -0.282 e. The Kier molecular flexibility index (Phi) is 3.37. The van der Waals surface area contributed by atoms with Gasteiger partial charge in [0, 0.05) is 10.6 Å². The highest BCUT2D eigenvalue weighted by Gasteiger charge is 2.15. The summed E-state index contributed by atoms with van der Waals surface area (Å²) in [5, 5.41) is 2.10. The third-order valence-electron chi connectivity index (χ3n) is 3.13. The van der Waals surface area contributed by atoms with E-state index in [-0.39, 0.29) is 0 Å². The number of benzene rings is 1. The van der Waals surface area contributed by atoms with Crippen LogP contribution in [-0.2, 0) is 0 Å². The van der Waals surface area contributed by atoms with Crippen molar-refractivity contribution < 1.29 is 0 Å². The maximum atomic E-state index is 4.79. The van der Waals surface area contributed by atoms with Crippen LogP contribution < -0.4 is 0 Å². The first-order valence-corrected chi connectivity index (χ1v) is 7.13. The van der Waals surface area contributed by atoms with Gasteiger partial charge in [-0.15, -0.1) is 11.3 Å². The van der Waals surface area contributed by atoms with Crippen LogP contribution in [0.25, 0.3) is 6.08 Å². The third kappa shape index (κ3) is 2.59. The fraction of sp³-hybridized carbons (Fsp3) is 0.188. The summed E-state index contributed by atoms with van der Waals surface area (Å²) in [4.78, 5) is 6.10. The van der Waals surface area contributed by atoms with E-state index < -0.39 is 0 Å². The van der Waals surface area contributed by atoms with Crippen LogP contribution in [0.1, 0.15) is 23.3 Å². The zero-order chi connectivity index (χ0) is 12.2. The molecule has 3 rings (SSSR count). The number of hydrogen-bond acceptors (Lipinski definition) is 2. The van der Waals surface area contributed by atoms with Gasteiger partial charge in [0.25, 0.3) is 0 Å². The summed E-state index contributed by atoms with van der Waals surface area (Å²) in [5.74, 6) is 0. The van der Waals surface area contributed by atoms with Crippen molar-refractivity contribution in [1.82, 2.24) is 0 Å². The first-order valence-electron chi connectivity index (χ1n) is 6.25. The topological polar surface area (TPSA) is 12.4 Å². The number of thiophene rings is 1. The van der Waals surface area contributed by atoms with E-state index in [1.165, 1.54) is 16.2 Å². The first-order chi connectivity index (χ1) is 8.92. The highest BCUT2D eigenvalue weighted by atomic mass is 32.1. The molecule has 2 heteroatoms. The van der Waals surface area contributed by atoms with Crippen LogP contribution in [0, 0.1) is 0 Å². The zero-order valence-corrected chi connectivity index (χ0v) is 10.9. The van der Waals surface area contributed by atoms with E-state index in [1.54, 1.807) is 11.3 Å². The standard InChI is InChI=1S/C16H15NS/c1-2-5-13(6-3-1)16-11-9-14(17-16)8-10-15-7-4-12-18-15/h1-8,10,12,14H,9,11H2/b10-8+. The Labute approximate surface area is 112 Å². The number of aliphatic imine (C=N–C) groups is 1. The average molecular weight is 253 g/mol. The molecule has 90 valence electrons. The van der Waals surface area contributed by atoms with Crippen molar-refractivity contribution in [3.8, 4) is 0 Å². The minimum absolute atomic E-state index is 0.349. The molecule has 1 aliphatic heterocycles. The molecule has 0 radical (unpaired) electrons. The van der Waals surface area contributed by atoms with Gasteiger partial charge in [0.1, 0.15) is 0 Å². The molecule has 0 aliphatic carbocycles. The Morgan fingerprint density at radius 1 is 1.11 bits per heavy atom. The highest BCUT2D eigenvalue weighted by molar-refractivity contribution is 7.10. The van der Waals surface area contributed by atoms with E-state index in [1.807, 2.05) is 6.07 Å². The molecule has 0 fully saturated rings. The predicted octanol–water partition coefficient (Wildman–Crippen LogP) is 4.41. The van der Waals surface area contributed by atoms with Crippen LogP contribution in [0.15, 0.2) is 58.9 Å². The van der Waals surface area contributed by atoms with E-state index in [0.29, 0.717) is 6.04 Å². The molecular weight excluding hydrogens is 238 g/mol. The molecule has 0 bridgehead atoms. The van der Waals surface area contributed by atoms with Crippen molar-refractivity contribution in [3.63, 3.8) is 0 Å². The molecule has 1 aromatic carbocycles. The number of rotatable bonds is 3. The van der Waals surface area contributed by atoms with Gasteiger partial charge in [-0.3, -0.25) is 4.99 Å². The fourth-order valence-electron chi connectivity index (χ4n) is 2.19. The van der Waals surface area contributed by atoms with Crippen LogP contribution in [-0.4, -0.2) is 11.8 Å². The summed E-state index contributed by atoms with van der Waals surface area (Å²) in [6.07, 6.45) is 6.63. The first kappa shape index (κ1) is 11.4. The lowest BCUT2D eigenvalue weighted by Crippen LogP contribution is -1.94. The molecule has 2 aromatic rings. The van der Waals surface area contributed by atoms with Crippen LogP contribution in [0.2, 0.25) is 0 Å². The lowest BCUT2D eigenvalue weighted by atomic mass is 10.1. The Balaban J connectivity index is 1.72. The Morgan fingerprint density at radius 3 is 2.78 bits per heavy atom. The summed E-state index contributed by atoms with van der Waals surface area (Å²) < 4.78 is 0. The molecule has 0 saturated carbocycles. The summed E-state index contributed by atoms with van der Waals surface area (Å²) >= 11 is 1.77. The molecule has 0 N–H and O–H groups in total. The maximum Gasteiger partial charge on any atom is 0.0690 e. The molecule has 2 heterocycles. The second-order valence-corrected chi connectivity index (χ2v) is 5.40. The average Bonchev–Trinajstić information content (AvgIpc) is 3.09. The van der Waals surface area contributed by atoms with Crippen molar-refractivity contribution >= 4 is 23.1 Å². The molecule has 18 heavy (non-hydrogen) atoms. The smallest absolute Gasteiger partial charge is 0.0690 e. The normalized spacial score (nSPS) is 19.3. The molecule has 0 saturated heterocycles. The van der Waals surface area contributed by atoms with Gasteiger partial charge in [-0.25, -0.2) is 0 Å². The Bertz CT molecular complexity index is 552. The minimum atomic E-state index is 0.349. The van der Waals surface area contributed by atoms with Gasteiger partial charge in [0.15, 0.2) is 0 Å². The second kappa shape index (κ2) is 5.32. The number of hydrogen-bond donors (Lipinski definition) is 0. The van der Waals surface area contributed by atoms with Crippen LogP contribution in [0.3, 0.4) is 0 Å². The van der Waals surface area contributed by atoms with Gasteiger partial charge < -0.3 is 0 Å². The summed E-state index contributed by atoms with van der Waals surface area (Å²) in [5.41, 5.74) is 2.51. The fourth-order valence-corrected chi connectivity index (χ4v) is 2.82. The third-order valence-corrected chi connectivity index (χ3v) is 3.97. The molecule has 1 aliphatic rings. The summed E-state index contributed by atoms with van der Waals surface area (Å²) in [7, 11) is 0. The van der Waals surface area contributed by atoms with E-state index in [4.69, 9.17) is 4.99 Å². The largest absolute Gasteiger partial charge is 0.282 e. The van der Waals surface area contributed by atoms with Crippen molar-refractivity contribution in [2.24, 2.45) is 4.99 Å². The summed E-state index contributed by atoms with van der Waals surface area (Å²) in [6, 6.07) is 15.1. The lowest BCUT2D eigenvalue weighted by Gasteiger charge is -1.98. The van der Waals surface area contributed by atoms with E-state index in [0.717, 1.165) is 12.8 Å². The van der Waals surface area contributed by atoms with Gasteiger partial charge in [0.2, 0.25) is 0 Å². The summed E-state index contributed by atoms with van der Waals surface area (Å²) in [6.45, 7) is 0. The van der Waals surface area contributed by atoms with Crippen molar-refractivity contribution in [2.75, 3.05) is 0 Å². The van der Waals surface area contributed by atoms with Gasteiger partial charge in [-0.05, 0) is 35.9 Å². The highest BCUT2D eigenvalue weighted by Crippen LogP contribution is 2.21. The van der Waals surface area contributed by atoms with Crippen LogP contribution in [0.5, 0.6) is 0 Å². The van der Waals surface area contributed by atoms with Crippen molar-refractivity contribution in [2.45, 2.75) is 18.9 Å². The Hall–Kier alpha value is -1.67. The molecular formula is C16H15NS. The van der Waals surface area contributed by atoms with Crippen molar-refractivity contribution in [1.29, 1.82) is 0 Å². The van der Waals surface area contributed by atoms with Crippen molar-refractivity contribution in [3.05, 3.63) is 64.4 Å². The molecule has 1 atom stereocenters. The van der Waals surface area contributed by atoms with Crippen LogP contribution in [0.4, 0.5) is 0 Å². The molecule has 1 aromatic heterocycles. The van der Waals surface area contributed by atoms with E-state index >= 15 is 0 Å². The monoisotopic (exact) mass is 253 g/mol. The Morgan fingerprint density at radius 2 is 2.00 bits per heavy atom. The SMILES string of the molecule is C(=C\C1CCC(c2ccccc2)=N1)/c1cccs1. The maximum absolute atomic E-state index is 4.79. The molecule has 1 nitrogen and oxygen atoms in total. The van der Waals surface area contributed by atoms with Gasteiger partial charge >= 0.3 is 0 Å².